The van der Waals surface area contributed by atoms with Crippen LogP contribution in [0.5, 0.6) is 0 Å². The number of nitrogens with one attached hydrogen (secondary N) is 5. The number of thiophene rings is 5. The summed E-state index contributed by atoms with van der Waals surface area (Å²) in [6, 6.07) is 46.7. The average Bonchev–Trinajstić information content (AvgIpc) is 1.83. The van der Waals surface area contributed by atoms with Crippen LogP contribution < -0.4 is 26.6 Å². The van der Waals surface area contributed by atoms with Gasteiger partial charge in [0.2, 0.25) is 58.6 Å². The highest BCUT2D eigenvalue weighted by Gasteiger charge is 2.21. The average molecular weight is 1750 g/mol. The number of aromatic nitrogens is 10. The Labute approximate surface area is 706 Å². The molecule has 0 saturated carbocycles. The Balaban J connectivity index is 0.000000159. The lowest BCUT2D eigenvalue weighted by atomic mass is 10.2. The number of hydrogen-bond acceptors (Lipinski definition) is 36. The first-order valence-electron chi connectivity index (χ1n) is 35.6. The van der Waals surface area contributed by atoms with Gasteiger partial charge >= 0.3 is 0 Å². The number of nitro benzene ring substituents is 5. The number of aliphatic hydroxyl groups is 1. The molecule has 5 aromatic carbocycles. The summed E-state index contributed by atoms with van der Waals surface area (Å²) in [7, 11) is 1.00. The van der Waals surface area contributed by atoms with E-state index in [1.807, 2.05) is 87.6 Å². The van der Waals surface area contributed by atoms with Gasteiger partial charge in [0, 0.05) is 160 Å². The molecule has 0 atom stereocenters. The zero-order chi connectivity index (χ0) is 86.7. The third-order valence-electron chi connectivity index (χ3n) is 15.8. The highest BCUT2D eigenvalue weighted by molar-refractivity contribution is 7.14. The van der Waals surface area contributed by atoms with Crippen molar-refractivity contribution in [1.82, 2.24) is 77.3 Å². The van der Waals surface area contributed by atoms with Crippen LogP contribution in [-0.4, -0.2) is 150 Å². The first kappa shape index (κ1) is 89.0. The number of amides is 5. The highest BCUT2D eigenvalue weighted by Crippen LogP contribution is 2.27. The fourth-order valence-corrected chi connectivity index (χ4v) is 13.3. The molecule has 15 rings (SSSR count). The van der Waals surface area contributed by atoms with E-state index < -0.39 is 54.2 Å². The topological polar surface area (TPSA) is 576 Å². The van der Waals surface area contributed by atoms with Crippen molar-refractivity contribution < 1.29 is 76.3 Å². The summed E-state index contributed by atoms with van der Waals surface area (Å²) in [6.07, 6.45) is 1.87. The van der Waals surface area contributed by atoms with Gasteiger partial charge in [-0.2, -0.15) is 24.9 Å². The normalized spacial score (nSPS) is 10.4. The monoisotopic (exact) mass is 1750 g/mol. The molecule has 0 unspecified atom stereocenters. The van der Waals surface area contributed by atoms with Crippen LogP contribution in [0, 0.1) is 50.6 Å². The minimum atomic E-state index is -0.540. The summed E-state index contributed by atoms with van der Waals surface area (Å²) in [5.74, 6) is 2.71. The molecule has 624 valence electrons. The minimum absolute atomic E-state index is 0.125. The van der Waals surface area contributed by atoms with E-state index in [-0.39, 0.29) is 89.0 Å². The fraction of sp³-hybridized carbons (Fsp3) is 0.145. The molecule has 0 saturated heterocycles. The Morgan fingerprint density at radius 3 is 0.607 bits per heavy atom. The van der Waals surface area contributed by atoms with Gasteiger partial charge in [0.25, 0.3) is 58.0 Å². The number of carbonyl (C=O) groups is 5. The molecule has 10 aromatic heterocycles. The Morgan fingerprint density at radius 2 is 0.459 bits per heavy atom. The third-order valence-corrected chi connectivity index (χ3v) is 20.1. The fourth-order valence-electron chi connectivity index (χ4n) is 10.0. The van der Waals surface area contributed by atoms with Gasteiger partial charge in [0.1, 0.15) is 0 Å². The summed E-state index contributed by atoms with van der Waals surface area (Å²) < 4.78 is 25.7. The molecule has 0 aliphatic rings. The Hall–Kier alpha value is -15.4. The number of non-ortho nitro benzene ring substituents is 5. The minimum Gasteiger partial charge on any atom is -0.400 e. The molecular weight excluding hydrogens is 1690 g/mol. The summed E-state index contributed by atoms with van der Waals surface area (Å²) in [4.78, 5) is 137. The van der Waals surface area contributed by atoms with Crippen LogP contribution in [0.1, 0.15) is 81.2 Å². The van der Waals surface area contributed by atoms with Gasteiger partial charge in [0.15, 0.2) is 0 Å². The third kappa shape index (κ3) is 26.8. The van der Waals surface area contributed by atoms with Crippen LogP contribution >= 0.6 is 56.7 Å². The number of benzene rings is 5. The highest BCUT2D eigenvalue weighted by atomic mass is 32.1. The van der Waals surface area contributed by atoms with Crippen molar-refractivity contribution >= 4 is 115 Å². The van der Waals surface area contributed by atoms with Crippen molar-refractivity contribution in [2.24, 2.45) is 0 Å². The number of hydrogen-bond donors (Lipinski definition) is 6. The van der Waals surface area contributed by atoms with Crippen molar-refractivity contribution in [3.05, 3.63) is 317 Å². The van der Waals surface area contributed by atoms with Gasteiger partial charge < -0.3 is 54.3 Å². The Morgan fingerprint density at radius 1 is 0.287 bits per heavy atom. The number of nitro groups is 5. The van der Waals surface area contributed by atoms with Crippen molar-refractivity contribution in [2.75, 3.05) is 39.8 Å². The van der Waals surface area contributed by atoms with Gasteiger partial charge in [0.05, 0.1) is 49.0 Å². The molecule has 0 fully saturated rings. The SMILES string of the molecule is CO.O=C(NCCc1nc(-c2cccs2)no1)c1cccc([N+](=O)[O-])c1.O=C(NCCc1nc(-c2cccs2)no1)c1cccc([N+](=O)[O-])c1.O=C(NCCc1nc(-c2cccs2)no1)c1cccc([N+](=O)[O-])c1.O=C(NCCc1nc(-c2cccs2)no1)c1cccc([N+](=O)[O-])c1.O=C(NCCc1nc(-c2cccs2)no1)c1cccc([N+](=O)[O-])c1. The van der Waals surface area contributed by atoms with Gasteiger partial charge in [-0.3, -0.25) is 74.5 Å². The molecule has 0 bridgehead atoms. The standard InChI is InChI=1S/5C15H12N4O4S.CH4O/c5*20-15(10-3-1-4-11(9-10)19(21)22)16-7-6-13-17-14(18-23-13)12-5-2-8-24-12;1-2/h5*1-5,8-9H,6-7H2,(H,16,20);2H,1H3. The molecule has 0 aliphatic heterocycles. The van der Waals surface area contributed by atoms with E-state index >= 15 is 0 Å². The molecule has 46 heteroatoms. The van der Waals surface area contributed by atoms with Crippen LogP contribution in [0.15, 0.2) is 232 Å². The second-order valence-corrected chi connectivity index (χ2v) is 28.8. The van der Waals surface area contributed by atoms with E-state index in [1.54, 1.807) is 0 Å². The molecule has 122 heavy (non-hydrogen) atoms. The molecule has 15 aromatic rings. The predicted molar refractivity (Wildman–Crippen MR) is 442 cm³/mol. The van der Waals surface area contributed by atoms with Crippen LogP contribution in [-0.2, 0) is 32.1 Å². The summed E-state index contributed by atoms with van der Waals surface area (Å²) in [5, 5.41) is 103. The summed E-state index contributed by atoms with van der Waals surface area (Å²) >= 11 is 7.55. The zero-order valence-corrected chi connectivity index (χ0v) is 67.2. The molecule has 10 heterocycles. The lowest BCUT2D eigenvalue weighted by Gasteiger charge is -2.03. The van der Waals surface area contributed by atoms with E-state index in [0.717, 1.165) is 31.5 Å². The van der Waals surface area contributed by atoms with Crippen LogP contribution in [0.2, 0.25) is 0 Å². The Bertz CT molecular complexity index is 5140. The lowest BCUT2D eigenvalue weighted by molar-refractivity contribution is -0.385. The van der Waals surface area contributed by atoms with Gasteiger partial charge in [-0.1, -0.05) is 86.4 Å². The van der Waals surface area contributed by atoms with Crippen molar-refractivity contribution in [3.8, 4) is 53.5 Å². The van der Waals surface area contributed by atoms with Gasteiger partial charge in [-0.25, -0.2) is 0 Å². The van der Waals surface area contributed by atoms with Crippen LogP contribution in [0.3, 0.4) is 0 Å². The van der Waals surface area contributed by atoms with Crippen LogP contribution in [0.4, 0.5) is 28.4 Å². The molecule has 0 spiro atoms. The number of aliphatic hydroxyl groups excluding tert-OH is 1. The van der Waals surface area contributed by atoms with Crippen molar-refractivity contribution in [1.29, 1.82) is 0 Å². The lowest BCUT2D eigenvalue weighted by Crippen LogP contribution is -2.25. The molecule has 6 N–H and O–H groups in total. The Kier molecular flexibility index (Phi) is 33.1. The number of rotatable bonds is 30. The van der Waals surface area contributed by atoms with E-state index in [4.69, 9.17) is 27.7 Å². The predicted octanol–water partition coefficient (Wildman–Crippen LogP) is 13.0. The molecule has 0 radical (unpaired) electrons. The number of carbonyl (C=O) groups excluding carboxylic acids is 5. The van der Waals surface area contributed by atoms with E-state index in [0.29, 0.717) is 90.7 Å². The maximum atomic E-state index is 12.0. The van der Waals surface area contributed by atoms with Crippen molar-refractivity contribution in [2.45, 2.75) is 32.1 Å². The molecular formula is C76H64N20O21S5. The zero-order valence-electron chi connectivity index (χ0n) is 63.1. The second-order valence-electron chi connectivity index (χ2n) is 24.0. The van der Waals surface area contributed by atoms with Gasteiger partial charge in [-0.15, -0.1) is 56.7 Å². The second kappa shape index (κ2) is 45.4. The first-order chi connectivity index (χ1) is 59.2. The first-order valence-corrected chi connectivity index (χ1v) is 40.0. The van der Waals surface area contributed by atoms with Crippen LogP contribution in [0.25, 0.3) is 53.5 Å². The number of nitrogens with zero attached hydrogens (tertiary/aromatic N) is 15. The molecule has 5 amide bonds. The van der Waals surface area contributed by atoms with E-state index in [1.165, 1.54) is 178 Å². The van der Waals surface area contributed by atoms with E-state index in [2.05, 4.69) is 77.3 Å². The van der Waals surface area contributed by atoms with Gasteiger partial charge in [-0.05, 0) is 87.6 Å². The molecule has 41 nitrogen and oxygen atoms in total. The quantitative estimate of drug-likeness (QED) is 0.0180. The smallest absolute Gasteiger partial charge is 0.270 e. The largest absolute Gasteiger partial charge is 0.400 e. The van der Waals surface area contributed by atoms with Crippen molar-refractivity contribution in [3.63, 3.8) is 0 Å². The maximum absolute atomic E-state index is 12.0. The van der Waals surface area contributed by atoms with E-state index in [9.17, 15) is 74.5 Å². The summed E-state index contributed by atoms with van der Waals surface area (Å²) in [6.45, 7) is 1.43. The maximum Gasteiger partial charge on any atom is 0.270 e. The summed E-state index contributed by atoms with van der Waals surface area (Å²) in [5.41, 5.74) is 0.528. The molecule has 0 aliphatic carbocycles.